The van der Waals surface area contributed by atoms with Crippen molar-refractivity contribution >= 4 is 17.3 Å². The number of nitrogens with zero attached hydrogens (tertiary/aromatic N) is 3. The number of aryl methyl sites for hydroxylation is 2. The molecule has 2 heterocycles. The summed E-state index contributed by atoms with van der Waals surface area (Å²) in [4.78, 5) is 9.60. The summed E-state index contributed by atoms with van der Waals surface area (Å²) in [7, 11) is 0. The summed E-state index contributed by atoms with van der Waals surface area (Å²) in [6, 6.07) is 14.4. The Morgan fingerprint density at radius 3 is 1.94 bits per heavy atom. The Labute approximate surface area is 196 Å². The molecule has 2 aromatic heterocycles. The molecule has 5 nitrogen and oxygen atoms in total. The van der Waals surface area contributed by atoms with Crippen LogP contribution in [0.2, 0.25) is 0 Å². The summed E-state index contributed by atoms with van der Waals surface area (Å²) in [6.45, 7) is 16.8. The van der Waals surface area contributed by atoms with Crippen LogP contribution < -0.4 is 5.32 Å². The number of aromatic hydroxyl groups is 1. The Hall–Kier alpha value is -3.34. The maximum Gasteiger partial charge on any atom is 0.236 e. The van der Waals surface area contributed by atoms with E-state index in [-0.39, 0.29) is 10.8 Å². The number of phenols is 1. The molecule has 0 spiro atoms. The van der Waals surface area contributed by atoms with E-state index in [2.05, 4.69) is 95.2 Å². The molecule has 0 saturated carbocycles. The summed E-state index contributed by atoms with van der Waals surface area (Å²) in [6.07, 6.45) is 2.00. The lowest BCUT2D eigenvalue weighted by Gasteiger charge is -2.28. The highest BCUT2D eigenvalue weighted by Gasteiger charge is 2.28. The van der Waals surface area contributed by atoms with Gasteiger partial charge in [0, 0.05) is 34.3 Å². The minimum absolute atomic E-state index is 0.224. The van der Waals surface area contributed by atoms with Gasteiger partial charge in [-0.3, -0.25) is 4.40 Å². The maximum absolute atomic E-state index is 11.2. The third-order valence-electron chi connectivity index (χ3n) is 5.95. The third kappa shape index (κ3) is 4.45. The topological polar surface area (TPSA) is 62.5 Å². The average Bonchev–Trinajstić information content (AvgIpc) is 3.05. The van der Waals surface area contributed by atoms with Crippen LogP contribution in [0.4, 0.5) is 11.5 Å². The molecule has 33 heavy (non-hydrogen) atoms. The molecular formula is C28H34N4O. The van der Waals surface area contributed by atoms with Gasteiger partial charge in [0.05, 0.1) is 0 Å². The first-order valence-electron chi connectivity index (χ1n) is 11.4. The molecule has 0 amide bonds. The number of phenolic OH excluding ortho intramolecular Hbond substituents is 1. The second-order valence-electron chi connectivity index (χ2n) is 11.0. The minimum Gasteiger partial charge on any atom is -0.507 e. The van der Waals surface area contributed by atoms with Crippen molar-refractivity contribution < 1.29 is 5.11 Å². The van der Waals surface area contributed by atoms with Crippen molar-refractivity contribution in [1.82, 2.24) is 14.4 Å². The fourth-order valence-corrected chi connectivity index (χ4v) is 4.03. The van der Waals surface area contributed by atoms with Crippen molar-refractivity contribution in [2.75, 3.05) is 5.32 Å². The van der Waals surface area contributed by atoms with Gasteiger partial charge in [-0.2, -0.15) is 0 Å². The molecular weight excluding hydrogens is 408 g/mol. The van der Waals surface area contributed by atoms with Gasteiger partial charge in [0.2, 0.25) is 5.78 Å². The lowest BCUT2D eigenvalue weighted by Crippen LogP contribution is -2.17. The number of anilines is 2. The van der Waals surface area contributed by atoms with Crippen LogP contribution in [-0.2, 0) is 10.8 Å². The van der Waals surface area contributed by atoms with E-state index in [0.717, 1.165) is 39.6 Å². The molecule has 0 radical (unpaired) electrons. The lowest BCUT2D eigenvalue weighted by atomic mass is 9.78. The van der Waals surface area contributed by atoms with Crippen LogP contribution >= 0.6 is 0 Å². The fraction of sp³-hybridized carbons (Fsp3) is 0.357. The van der Waals surface area contributed by atoms with Crippen LogP contribution in [0.15, 0.2) is 48.7 Å². The quantitative estimate of drug-likeness (QED) is 0.357. The molecule has 4 rings (SSSR count). The van der Waals surface area contributed by atoms with Gasteiger partial charge in [-0.05, 0) is 55.0 Å². The van der Waals surface area contributed by atoms with E-state index in [1.54, 1.807) is 0 Å². The number of aromatic nitrogens is 3. The number of imidazole rings is 1. The Morgan fingerprint density at radius 1 is 0.818 bits per heavy atom. The first-order valence-corrected chi connectivity index (χ1v) is 11.4. The first kappa shape index (κ1) is 22.8. The zero-order valence-electron chi connectivity index (χ0n) is 20.9. The Morgan fingerprint density at radius 2 is 1.39 bits per heavy atom. The van der Waals surface area contributed by atoms with Gasteiger partial charge in [-0.15, -0.1) is 0 Å². The lowest BCUT2D eigenvalue weighted by molar-refractivity contribution is 0.423. The van der Waals surface area contributed by atoms with Gasteiger partial charge in [0.15, 0.2) is 0 Å². The summed E-state index contributed by atoms with van der Waals surface area (Å²) in [5, 5.41) is 14.8. The van der Waals surface area contributed by atoms with Gasteiger partial charge in [-0.1, -0.05) is 59.2 Å². The van der Waals surface area contributed by atoms with E-state index in [4.69, 9.17) is 4.98 Å². The molecule has 2 N–H and O–H groups in total. The highest BCUT2D eigenvalue weighted by molar-refractivity contribution is 5.80. The average molecular weight is 443 g/mol. The molecule has 5 heteroatoms. The third-order valence-corrected chi connectivity index (χ3v) is 5.95. The predicted octanol–water partition coefficient (Wildman–Crippen LogP) is 7.06. The summed E-state index contributed by atoms with van der Waals surface area (Å²) in [5.41, 5.74) is 6.24. The number of benzene rings is 2. The smallest absolute Gasteiger partial charge is 0.236 e. The van der Waals surface area contributed by atoms with Crippen LogP contribution in [0.3, 0.4) is 0 Å². The van der Waals surface area contributed by atoms with Crippen LogP contribution in [0, 0.1) is 13.8 Å². The number of rotatable bonds is 3. The van der Waals surface area contributed by atoms with E-state index in [1.807, 2.05) is 23.6 Å². The molecule has 0 atom stereocenters. The molecule has 2 aromatic carbocycles. The molecule has 0 bridgehead atoms. The minimum atomic E-state index is -0.224. The van der Waals surface area contributed by atoms with Crippen molar-refractivity contribution in [3.63, 3.8) is 0 Å². The summed E-state index contributed by atoms with van der Waals surface area (Å²) < 4.78 is 1.99. The normalized spacial score (nSPS) is 12.4. The Balaban J connectivity index is 2.00. The molecule has 0 aliphatic carbocycles. The summed E-state index contributed by atoms with van der Waals surface area (Å²) >= 11 is 0. The van der Waals surface area contributed by atoms with Crippen LogP contribution in [0.25, 0.3) is 17.0 Å². The highest BCUT2D eigenvalue weighted by atomic mass is 16.3. The van der Waals surface area contributed by atoms with Crippen molar-refractivity contribution in [3.05, 3.63) is 71.0 Å². The van der Waals surface area contributed by atoms with Gasteiger partial charge in [0.1, 0.15) is 17.3 Å². The maximum atomic E-state index is 11.2. The molecule has 4 aromatic rings. The number of fused-ring (bicyclic) bond motifs is 1. The molecule has 0 aliphatic rings. The first-order chi connectivity index (χ1) is 15.3. The predicted molar refractivity (Wildman–Crippen MR) is 137 cm³/mol. The Kier molecular flexibility index (Phi) is 5.47. The van der Waals surface area contributed by atoms with E-state index in [1.165, 1.54) is 5.56 Å². The molecule has 0 unspecified atom stereocenters. The monoisotopic (exact) mass is 442 g/mol. The SMILES string of the molecule is Cc1ccc(Nc2c(-c3cc(C(C)(C)C)c(O)c(C(C)(C)C)c3)nc3nc(C)ccn23)cc1. The zero-order chi connectivity index (χ0) is 24.1. The van der Waals surface area contributed by atoms with Crippen molar-refractivity contribution in [1.29, 1.82) is 0 Å². The molecule has 0 fully saturated rings. The van der Waals surface area contributed by atoms with Crippen LogP contribution in [0.5, 0.6) is 5.75 Å². The molecule has 172 valence electrons. The largest absolute Gasteiger partial charge is 0.507 e. The van der Waals surface area contributed by atoms with Crippen LogP contribution in [0.1, 0.15) is 63.9 Å². The summed E-state index contributed by atoms with van der Waals surface area (Å²) in [5.74, 6) is 1.86. The van der Waals surface area contributed by atoms with E-state index < -0.39 is 0 Å². The van der Waals surface area contributed by atoms with Gasteiger partial charge in [-0.25, -0.2) is 9.97 Å². The standard InChI is InChI=1S/C28H34N4O/c1-17-9-11-20(12-10-17)30-25-23(31-26-29-18(2)13-14-32(25)26)19-15-21(27(3,4)5)24(33)22(16-19)28(6,7)8/h9-16,30,33H,1-8H3. The van der Waals surface area contributed by atoms with Crippen molar-refractivity contribution in [3.8, 4) is 17.0 Å². The van der Waals surface area contributed by atoms with Gasteiger partial charge in [0.25, 0.3) is 0 Å². The molecule has 0 saturated heterocycles. The number of nitrogens with one attached hydrogen (secondary N) is 1. The molecule has 0 aliphatic heterocycles. The number of hydrogen-bond acceptors (Lipinski definition) is 4. The van der Waals surface area contributed by atoms with Gasteiger partial charge >= 0.3 is 0 Å². The van der Waals surface area contributed by atoms with Crippen LogP contribution in [-0.4, -0.2) is 19.5 Å². The van der Waals surface area contributed by atoms with Crippen molar-refractivity contribution in [2.45, 2.75) is 66.2 Å². The fourth-order valence-electron chi connectivity index (χ4n) is 4.03. The Bertz CT molecular complexity index is 1280. The zero-order valence-corrected chi connectivity index (χ0v) is 20.9. The van der Waals surface area contributed by atoms with Crippen molar-refractivity contribution in [2.24, 2.45) is 0 Å². The van der Waals surface area contributed by atoms with Gasteiger partial charge < -0.3 is 10.4 Å². The van der Waals surface area contributed by atoms with E-state index >= 15 is 0 Å². The van der Waals surface area contributed by atoms with E-state index in [0.29, 0.717) is 11.5 Å². The highest BCUT2D eigenvalue weighted by Crippen LogP contribution is 2.43. The second-order valence-corrected chi connectivity index (χ2v) is 11.0. The second kappa shape index (κ2) is 7.91. The van der Waals surface area contributed by atoms with E-state index in [9.17, 15) is 5.11 Å². The number of hydrogen-bond donors (Lipinski definition) is 2.